The lowest BCUT2D eigenvalue weighted by atomic mass is 10.0. The number of hydrogen-bond acceptors (Lipinski definition) is 3. The smallest absolute Gasteiger partial charge is 0.303 e. The number of carboxylic acids is 1. The highest BCUT2D eigenvalue weighted by Gasteiger charge is 2.06. The van der Waals surface area contributed by atoms with E-state index in [4.69, 9.17) is 5.11 Å². The number of benzene rings is 1. The van der Waals surface area contributed by atoms with Crippen molar-refractivity contribution in [3.63, 3.8) is 0 Å². The molecule has 0 spiro atoms. The monoisotopic (exact) mass is 272 g/mol. The molecule has 1 atom stereocenters. The zero-order valence-corrected chi connectivity index (χ0v) is 11.7. The Labute approximate surface area is 118 Å². The summed E-state index contributed by atoms with van der Waals surface area (Å²) in [5.74, 6) is -0.309. The molecular weight excluding hydrogens is 252 g/mol. The van der Waals surface area contributed by atoms with Gasteiger partial charge in [0.25, 0.3) is 0 Å². The first-order valence-corrected chi connectivity index (χ1v) is 6.96. The minimum absolute atomic E-state index is 0.249. The number of fused-ring (bicyclic) bond motifs is 1. The molecule has 0 saturated carbocycles. The lowest BCUT2D eigenvalue weighted by Gasteiger charge is -2.13. The number of nitrogens with one attached hydrogen (secondary N) is 1. The largest absolute Gasteiger partial charge is 0.481 e. The topological polar surface area (TPSA) is 62.2 Å². The summed E-state index contributed by atoms with van der Waals surface area (Å²) in [5, 5.41) is 13.2. The van der Waals surface area contributed by atoms with Crippen molar-refractivity contribution >= 4 is 22.6 Å². The number of aromatic nitrogens is 1. The molecule has 0 amide bonds. The van der Waals surface area contributed by atoms with Crippen LogP contribution in [0.1, 0.15) is 26.2 Å². The summed E-state index contributed by atoms with van der Waals surface area (Å²) in [7, 11) is 0. The Bertz CT molecular complexity index is 578. The summed E-state index contributed by atoms with van der Waals surface area (Å²) < 4.78 is 0. The number of anilines is 1. The second kappa shape index (κ2) is 6.89. The van der Waals surface area contributed by atoms with Gasteiger partial charge in [0.05, 0.1) is 5.52 Å². The maximum absolute atomic E-state index is 10.5. The predicted molar refractivity (Wildman–Crippen MR) is 80.9 cm³/mol. The number of carboxylic acid groups (broad SMARTS) is 1. The average Bonchev–Trinajstić information content (AvgIpc) is 2.45. The quantitative estimate of drug-likeness (QED) is 0.809. The van der Waals surface area contributed by atoms with E-state index in [0.717, 1.165) is 36.0 Å². The zero-order valence-electron chi connectivity index (χ0n) is 11.7. The summed E-state index contributed by atoms with van der Waals surface area (Å²) in [6, 6.07) is 10.0. The summed E-state index contributed by atoms with van der Waals surface area (Å²) in [5.41, 5.74) is 2.07. The van der Waals surface area contributed by atoms with Gasteiger partial charge < -0.3 is 10.4 Å². The van der Waals surface area contributed by atoms with Gasteiger partial charge in [-0.1, -0.05) is 25.1 Å². The van der Waals surface area contributed by atoms with Crippen LogP contribution in [0.5, 0.6) is 0 Å². The Morgan fingerprint density at radius 3 is 2.90 bits per heavy atom. The molecule has 1 aromatic carbocycles. The highest BCUT2D eigenvalue weighted by atomic mass is 16.4. The molecule has 106 valence electrons. The third-order valence-corrected chi connectivity index (χ3v) is 3.45. The third kappa shape index (κ3) is 3.95. The number of hydrogen-bond donors (Lipinski definition) is 2. The van der Waals surface area contributed by atoms with Crippen molar-refractivity contribution in [3.8, 4) is 0 Å². The maximum Gasteiger partial charge on any atom is 0.303 e. The Morgan fingerprint density at radius 1 is 1.30 bits per heavy atom. The molecule has 0 saturated heterocycles. The molecule has 0 bridgehead atoms. The predicted octanol–water partition coefficient (Wildman–Crippen LogP) is 3.54. The van der Waals surface area contributed by atoms with E-state index in [-0.39, 0.29) is 6.42 Å². The molecule has 4 nitrogen and oxygen atoms in total. The van der Waals surface area contributed by atoms with Crippen LogP contribution in [0, 0.1) is 5.92 Å². The lowest BCUT2D eigenvalue weighted by Crippen LogP contribution is -2.08. The zero-order chi connectivity index (χ0) is 14.4. The van der Waals surface area contributed by atoms with E-state index in [1.54, 1.807) is 6.20 Å². The van der Waals surface area contributed by atoms with Gasteiger partial charge in [0.1, 0.15) is 0 Å². The minimum Gasteiger partial charge on any atom is -0.481 e. The van der Waals surface area contributed by atoms with E-state index in [0.29, 0.717) is 5.92 Å². The van der Waals surface area contributed by atoms with Crippen LogP contribution in [0.4, 0.5) is 5.69 Å². The van der Waals surface area contributed by atoms with Crippen LogP contribution in [0.2, 0.25) is 0 Å². The lowest BCUT2D eigenvalue weighted by molar-refractivity contribution is -0.137. The van der Waals surface area contributed by atoms with E-state index in [1.165, 1.54) is 0 Å². The van der Waals surface area contributed by atoms with Crippen molar-refractivity contribution < 1.29 is 9.90 Å². The normalized spacial score (nSPS) is 12.2. The number of rotatable bonds is 7. The molecule has 0 aliphatic rings. The first kappa shape index (κ1) is 14.3. The Kier molecular flexibility index (Phi) is 4.93. The fraction of sp³-hybridized carbons (Fsp3) is 0.375. The van der Waals surface area contributed by atoms with Crippen LogP contribution >= 0.6 is 0 Å². The Balaban J connectivity index is 1.88. The SMILES string of the molecule is CC(CCNc1ccnc2ccccc12)CCC(=O)O. The standard InChI is InChI=1S/C16H20N2O2/c1-12(6-7-16(19)20)8-10-17-15-9-11-18-14-5-3-2-4-13(14)15/h2-5,9,11-12H,6-8,10H2,1H3,(H,17,18)(H,19,20). The minimum atomic E-state index is -0.718. The summed E-state index contributed by atoms with van der Waals surface area (Å²) in [6.45, 7) is 2.93. The van der Waals surface area contributed by atoms with Gasteiger partial charge in [-0.3, -0.25) is 9.78 Å². The first-order chi connectivity index (χ1) is 9.66. The molecule has 1 heterocycles. The fourth-order valence-corrected chi connectivity index (χ4v) is 2.22. The van der Waals surface area contributed by atoms with E-state index >= 15 is 0 Å². The van der Waals surface area contributed by atoms with Crippen molar-refractivity contribution in [1.29, 1.82) is 0 Å². The molecule has 0 fully saturated rings. The van der Waals surface area contributed by atoms with Crippen LogP contribution < -0.4 is 5.32 Å². The van der Waals surface area contributed by atoms with Gasteiger partial charge in [0.15, 0.2) is 0 Å². The van der Waals surface area contributed by atoms with Crippen LogP contribution in [0.3, 0.4) is 0 Å². The maximum atomic E-state index is 10.5. The van der Waals surface area contributed by atoms with Crippen molar-refractivity contribution in [2.45, 2.75) is 26.2 Å². The van der Waals surface area contributed by atoms with Crippen molar-refractivity contribution in [1.82, 2.24) is 4.98 Å². The molecular formula is C16H20N2O2. The van der Waals surface area contributed by atoms with E-state index in [2.05, 4.69) is 23.3 Å². The van der Waals surface area contributed by atoms with Crippen molar-refractivity contribution in [3.05, 3.63) is 36.5 Å². The summed E-state index contributed by atoms with van der Waals surface area (Å²) in [6.07, 6.45) is 3.75. The Morgan fingerprint density at radius 2 is 2.10 bits per heavy atom. The molecule has 0 aliphatic carbocycles. The summed E-state index contributed by atoms with van der Waals surface area (Å²) >= 11 is 0. The van der Waals surface area contributed by atoms with Gasteiger partial charge in [-0.25, -0.2) is 0 Å². The number of para-hydroxylation sites is 1. The van der Waals surface area contributed by atoms with Crippen LogP contribution in [0.15, 0.2) is 36.5 Å². The van der Waals surface area contributed by atoms with Crippen LogP contribution in [-0.2, 0) is 4.79 Å². The molecule has 4 heteroatoms. The number of aliphatic carboxylic acids is 1. The van der Waals surface area contributed by atoms with Crippen LogP contribution in [-0.4, -0.2) is 22.6 Å². The molecule has 20 heavy (non-hydrogen) atoms. The highest BCUT2D eigenvalue weighted by Crippen LogP contribution is 2.21. The molecule has 0 radical (unpaired) electrons. The molecule has 1 unspecified atom stereocenters. The first-order valence-electron chi connectivity index (χ1n) is 6.96. The molecule has 2 rings (SSSR count). The molecule has 0 aliphatic heterocycles. The van der Waals surface area contributed by atoms with Crippen molar-refractivity contribution in [2.75, 3.05) is 11.9 Å². The molecule has 2 aromatic rings. The van der Waals surface area contributed by atoms with Gasteiger partial charge >= 0.3 is 5.97 Å². The summed E-state index contributed by atoms with van der Waals surface area (Å²) in [4.78, 5) is 14.9. The number of pyridine rings is 1. The highest BCUT2D eigenvalue weighted by molar-refractivity contribution is 5.90. The second-order valence-electron chi connectivity index (χ2n) is 5.13. The second-order valence-corrected chi connectivity index (χ2v) is 5.13. The van der Waals surface area contributed by atoms with Gasteiger partial charge in [0.2, 0.25) is 0 Å². The van der Waals surface area contributed by atoms with Gasteiger partial charge in [0, 0.05) is 30.2 Å². The fourth-order valence-electron chi connectivity index (χ4n) is 2.22. The van der Waals surface area contributed by atoms with Gasteiger partial charge in [-0.15, -0.1) is 0 Å². The molecule has 2 N–H and O–H groups in total. The van der Waals surface area contributed by atoms with E-state index < -0.39 is 5.97 Å². The van der Waals surface area contributed by atoms with Crippen LogP contribution in [0.25, 0.3) is 10.9 Å². The van der Waals surface area contributed by atoms with E-state index in [1.807, 2.05) is 24.3 Å². The number of nitrogens with zero attached hydrogens (tertiary/aromatic N) is 1. The Hall–Kier alpha value is -2.10. The number of carbonyl (C=O) groups is 1. The van der Waals surface area contributed by atoms with Gasteiger partial charge in [-0.2, -0.15) is 0 Å². The van der Waals surface area contributed by atoms with Crippen molar-refractivity contribution in [2.24, 2.45) is 5.92 Å². The van der Waals surface area contributed by atoms with Gasteiger partial charge in [-0.05, 0) is 30.9 Å². The van der Waals surface area contributed by atoms with E-state index in [9.17, 15) is 4.79 Å². The molecule has 1 aromatic heterocycles. The average molecular weight is 272 g/mol. The third-order valence-electron chi connectivity index (χ3n) is 3.45.